The highest BCUT2D eigenvalue weighted by Gasteiger charge is 2.29. The highest BCUT2D eigenvalue weighted by Crippen LogP contribution is 2.25. The molecule has 2 aliphatic rings. The molecule has 1 fully saturated rings. The van der Waals surface area contributed by atoms with Crippen molar-refractivity contribution >= 4 is 24.3 Å². The minimum Gasteiger partial charge on any atom is -0.341 e. The first kappa shape index (κ1) is 17.1. The highest BCUT2D eigenvalue weighted by molar-refractivity contribution is 7.71. The molecule has 2 aliphatic heterocycles. The van der Waals surface area contributed by atoms with Crippen LogP contribution in [0.1, 0.15) is 42.1 Å². The minimum absolute atomic E-state index is 0.0986. The molecule has 4 rings (SSSR count). The van der Waals surface area contributed by atoms with E-state index in [-0.39, 0.29) is 5.91 Å². The maximum absolute atomic E-state index is 13.4. The van der Waals surface area contributed by atoms with E-state index in [2.05, 4.69) is 9.98 Å². The largest absolute Gasteiger partial charge is 0.341 e. The molecule has 0 saturated carbocycles. The summed E-state index contributed by atoms with van der Waals surface area (Å²) >= 11 is 5.74. The van der Waals surface area contributed by atoms with Gasteiger partial charge in [0, 0.05) is 37.8 Å². The van der Waals surface area contributed by atoms with Gasteiger partial charge in [-0.2, -0.15) is 0 Å². The van der Waals surface area contributed by atoms with Gasteiger partial charge in [-0.3, -0.25) is 9.79 Å². The molecule has 1 unspecified atom stereocenters. The van der Waals surface area contributed by atoms with E-state index in [1.165, 1.54) is 6.42 Å². The van der Waals surface area contributed by atoms with Crippen molar-refractivity contribution in [2.24, 2.45) is 4.99 Å². The molecule has 3 heterocycles. The minimum atomic E-state index is -0.477. The number of carbonyl (C=O) groups is 1. The Hall–Kier alpha value is -2.34. The monoisotopic (exact) mass is 366 g/mol. The van der Waals surface area contributed by atoms with Gasteiger partial charge in [0.25, 0.3) is 0 Å². The van der Waals surface area contributed by atoms with Gasteiger partial charge in [0.05, 0.1) is 12.0 Å². The lowest BCUT2D eigenvalue weighted by Gasteiger charge is -2.32. The molecule has 6 heteroatoms. The van der Waals surface area contributed by atoms with Crippen molar-refractivity contribution in [3.05, 3.63) is 58.1 Å². The van der Waals surface area contributed by atoms with Gasteiger partial charge < -0.3 is 9.47 Å². The van der Waals surface area contributed by atoms with Crippen molar-refractivity contribution < 1.29 is 4.79 Å². The molecule has 1 saturated heterocycles. The summed E-state index contributed by atoms with van der Waals surface area (Å²) in [6.45, 7) is 2.37. The van der Waals surface area contributed by atoms with Crippen LogP contribution in [0.2, 0.25) is 0 Å². The number of likely N-dealkylation sites (tertiary alicyclic amines) is 1. The molecule has 0 spiro atoms. The third-order valence-electron chi connectivity index (χ3n) is 5.11. The number of amides is 1. The standard InChI is InChI=1S/C20H22N4OS/c25-19(23-11-5-2-6-12-23)18(15-7-3-1-4-8-15)24-14-22-17-9-10-21-13-16(17)20(24)26/h1,3-4,7-8,13-14,18H,2,5-6,9-12H2. The molecule has 5 nitrogen and oxygen atoms in total. The number of nitrogens with zero attached hydrogens (tertiary/aromatic N) is 4. The van der Waals surface area contributed by atoms with Gasteiger partial charge in [-0.1, -0.05) is 42.5 Å². The van der Waals surface area contributed by atoms with Gasteiger partial charge in [-0.25, -0.2) is 4.98 Å². The van der Waals surface area contributed by atoms with Crippen LogP contribution in [0.15, 0.2) is 41.7 Å². The Labute approximate surface area is 158 Å². The number of carbonyl (C=O) groups excluding carboxylic acids is 1. The SMILES string of the molecule is O=C(C(c1ccccc1)n1cnc2c(c1=S)C=NCC2)N1CCCCC1. The normalized spacial score (nSPS) is 17.6. The Morgan fingerprint density at radius 2 is 1.88 bits per heavy atom. The van der Waals surface area contributed by atoms with Crippen molar-refractivity contribution in [2.75, 3.05) is 19.6 Å². The second-order valence-corrected chi connectivity index (χ2v) is 7.19. The van der Waals surface area contributed by atoms with Crippen LogP contribution in [0.4, 0.5) is 0 Å². The zero-order chi connectivity index (χ0) is 17.9. The van der Waals surface area contributed by atoms with Crippen molar-refractivity contribution in [3.8, 4) is 0 Å². The van der Waals surface area contributed by atoms with E-state index in [0.29, 0.717) is 4.64 Å². The van der Waals surface area contributed by atoms with Gasteiger partial charge in [0.15, 0.2) is 0 Å². The summed E-state index contributed by atoms with van der Waals surface area (Å²) in [5.41, 5.74) is 2.79. The van der Waals surface area contributed by atoms with Crippen LogP contribution in [0.25, 0.3) is 0 Å². The predicted octanol–water partition coefficient (Wildman–Crippen LogP) is 3.19. The van der Waals surface area contributed by atoms with E-state index in [1.807, 2.05) is 39.8 Å². The van der Waals surface area contributed by atoms with Crippen LogP contribution in [0, 0.1) is 4.64 Å². The second-order valence-electron chi connectivity index (χ2n) is 6.80. The number of aromatic nitrogens is 2. The van der Waals surface area contributed by atoms with Crippen LogP contribution in [0.3, 0.4) is 0 Å². The van der Waals surface area contributed by atoms with Gasteiger partial charge in [-0.05, 0) is 24.8 Å². The lowest BCUT2D eigenvalue weighted by Crippen LogP contribution is -2.41. The first-order chi connectivity index (χ1) is 12.8. The topological polar surface area (TPSA) is 50.5 Å². The van der Waals surface area contributed by atoms with E-state index in [0.717, 1.165) is 55.7 Å². The molecule has 0 radical (unpaired) electrons. The first-order valence-electron chi connectivity index (χ1n) is 9.19. The molecule has 1 atom stereocenters. The maximum Gasteiger partial charge on any atom is 0.250 e. The zero-order valence-electron chi connectivity index (χ0n) is 14.7. The fourth-order valence-electron chi connectivity index (χ4n) is 3.70. The zero-order valence-corrected chi connectivity index (χ0v) is 15.5. The number of benzene rings is 1. The molecule has 1 amide bonds. The maximum atomic E-state index is 13.4. The molecule has 26 heavy (non-hydrogen) atoms. The Kier molecular flexibility index (Phi) is 4.93. The van der Waals surface area contributed by atoms with Crippen molar-refractivity contribution in [2.45, 2.75) is 31.7 Å². The third-order valence-corrected chi connectivity index (χ3v) is 5.54. The van der Waals surface area contributed by atoms with E-state index in [1.54, 1.807) is 12.5 Å². The lowest BCUT2D eigenvalue weighted by atomic mass is 10.0. The van der Waals surface area contributed by atoms with Crippen LogP contribution < -0.4 is 0 Å². The van der Waals surface area contributed by atoms with Gasteiger partial charge in [0.2, 0.25) is 5.91 Å². The van der Waals surface area contributed by atoms with Crippen LogP contribution in [-0.4, -0.2) is 46.2 Å². The smallest absolute Gasteiger partial charge is 0.250 e. The summed E-state index contributed by atoms with van der Waals surface area (Å²) in [5, 5.41) is 0. The predicted molar refractivity (Wildman–Crippen MR) is 104 cm³/mol. The molecule has 1 aromatic carbocycles. The number of aliphatic imine (C=N–C) groups is 1. The highest BCUT2D eigenvalue weighted by atomic mass is 32.1. The van der Waals surface area contributed by atoms with Crippen molar-refractivity contribution in [1.29, 1.82) is 0 Å². The number of rotatable bonds is 3. The number of piperidine rings is 1. The van der Waals surface area contributed by atoms with Gasteiger partial charge in [0.1, 0.15) is 10.7 Å². The third kappa shape index (κ3) is 3.21. The number of hydrogen-bond donors (Lipinski definition) is 0. The fraction of sp³-hybridized carbons (Fsp3) is 0.400. The summed E-state index contributed by atoms with van der Waals surface area (Å²) in [4.78, 5) is 24.3. The van der Waals surface area contributed by atoms with Gasteiger partial charge in [-0.15, -0.1) is 0 Å². The summed E-state index contributed by atoms with van der Waals surface area (Å²) < 4.78 is 2.48. The molecule has 1 aromatic heterocycles. The number of fused-ring (bicyclic) bond motifs is 1. The average Bonchev–Trinajstić information content (AvgIpc) is 2.71. The quantitative estimate of drug-likeness (QED) is 0.784. The van der Waals surface area contributed by atoms with Crippen LogP contribution >= 0.6 is 12.2 Å². The molecule has 134 valence electrons. The summed E-state index contributed by atoms with van der Waals surface area (Å²) in [6, 6.07) is 9.38. The summed E-state index contributed by atoms with van der Waals surface area (Å²) in [6.07, 6.45) is 7.65. The van der Waals surface area contributed by atoms with E-state index < -0.39 is 6.04 Å². The Morgan fingerprint density at radius 3 is 2.65 bits per heavy atom. The Balaban J connectivity index is 1.80. The van der Waals surface area contributed by atoms with E-state index in [4.69, 9.17) is 12.2 Å². The Morgan fingerprint density at radius 1 is 1.12 bits per heavy atom. The second kappa shape index (κ2) is 7.50. The molecular formula is C20H22N4OS. The average molecular weight is 366 g/mol. The molecular weight excluding hydrogens is 344 g/mol. The summed E-state index contributed by atoms with van der Waals surface area (Å²) in [5.74, 6) is 0.0986. The molecule has 0 N–H and O–H groups in total. The van der Waals surface area contributed by atoms with Crippen molar-refractivity contribution in [3.63, 3.8) is 0 Å². The van der Waals surface area contributed by atoms with E-state index >= 15 is 0 Å². The van der Waals surface area contributed by atoms with Gasteiger partial charge >= 0.3 is 0 Å². The lowest BCUT2D eigenvalue weighted by molar-refractivity contribution is -0.134. The fourth-order valence-corrected chi connectivity index (χ4v) is 4.02. The van der Waals surface area contributed by atoms with E-state index in [9.17, 15) is 4.79 Å². The number of hydrogen-bond acceptors (Lipinski definition) is 4. The molecule has 0 bridgehead atoms. The van der Waals surface area contributed by atoms with Crippen LogP contribution in [-0.2, 0) is 11.2 Å². The molecule has 2 aromatic rings. The van der Waals surface area contributed by atoms with Crippen LogP contribution in [0.5, 0.6) is 0 Å². The van der Waals surface area contributed by atoms with Crippen molar-refractivity contribution in [1.82, 2.24) is 14.5 Å². The molecule has 0 aliphatic carbocycles. The first-order valence-corrected chi connectivity index (χ1v) is 9.60. The summed E-state index contributed by atoms with van der Waals surface area (Å²) in [7, 11) is 0. The Bertz CT molecular complexity index is 884.